The fourth-order valence-corrected chi connectivity index (χ4v) is 4.18. The van der Waals surface area contributed by atoms with Gasteiger partial charge in [0.15, 0.2) is 0 Å². The summed E-state index contributed by atoms with van der Waals surface area (Å²) in [5.74, 6) is 0. The second-order valence-electron chi connectivity index (χ2n) is 5.55. The summed E-state index contributed by atoms with van der Waals surface area (Å²) in [4.78, 5) is 15.7. The van der Waals surface area contributed by atoms with Crippen LogP contribution in [-0.2, 0) is 0 Å². The van der Waals surface area contributed by atoms with Gasteiger partial charge in [0.05, 0.1) is 5.69 Å². The Morgan fingerprint density at radius 2 is 1.79 bits per heavy atom. The summed E-state index contributed by atoms with van der Waals surface area (Å²) in [6, 6.07) is 8.21. The SMILES string of the molecule is Brc1ccc2[nH]cc(-c3nc(-c4c[nH]c5ccncc45)cs3)c2c1. The van der Waals surface area contributed by atoms with Crippen molar-refractivity contribution in [3.05, 3.63) is 58.9 Å². The number of halogens is 1. The first-order valence-electron chi connectivity index (χ1n) is 7.43. The van der Waals surface area contributed by atoms with E-state index in [4.69, 9.17) is 4.98 Å². The fraction of sp³-hybridized carbons (Fsp3) is 0. The molecule has 0 saturated heterocycles. The van der Waals surface area contributed by atoms with E-state index < -0.39 is 0 Å². The lowest BCUT2D eigenvalue weighted by atomic mass is 10.1. The van der Waals surface area contributed by atoms with Crippen LogP contribution < -0.4 is 0 Å². The second kappa shape index (κ2) is 5.29. The lowest BCUT2D eigenvalue weighted by Gasteiger charge is -1.96. The molecular weight excluding hydrogens is 384 g/mol. The summed E-state index contributed by atoms with van der Waals surface area (Å²) < 4.78 is 1.07. The predicted molar refractivity (Wildman–Crippen MR) is 102 cm³/mol. The third-order valence-corrected chi connectivity index (χ3v) is 5.51. The van der Waals surface area contributed by atoms with Crippen molar-refractivity contribution < 1.29 is 0 Å². The van der Waals surface area contributed by atoms with Crippen LogP contribution in [0.25, 0.3) is 43.6 Å². The maximum atomic E-state index is 4.86. The van der Waals surface area contributed by atoms with Crippen molar-refractivity contribution in [1.29, 1.82) is 0 Å². The molecule has 116 valence electrons. The molecule has 4 nitrogen and oxygen atoms in total. The molecule has 24 heavy (non-hydrogen) atoms. The Kier molecular flexibility index (Phi) is 3.08. The number of hydrogen-bond donors (Lipinski definition) is 2. The number of aromatic amines is 2. The number of rotatable bonds is 2. The van der Waals surface area contributed by atoms with Crippen LogP contribution in [-0.4, -0.2) is 19.9 Å². The smallest absolute Gasteiger partial charge is 0.126 e. The number of nitrogens with zero attached hydrogens (tertiary/aromatic N) is 2. The highest BCUT2D eigenvalue weighted by molar-refractivity contribution is 9.10. The van der Waals surface area contributed by atoms with E-state index in [2.05, 4.69) is 48.4 Å². The van der Waals surface area contributed by atoms with E-state index in [0.717, 1.165) is 42.7 Å². The molecule has 5 rings (SSSR count). The van der Waals surface area contributed by atoms with Crippen molar-refractivity contribution in [2.75, 3.05) is 0 Å². The first-order chi connectivity index (χ1) is 11.8. The van der Waals surface area contributed by atoms with Gasteiger partial charge >= 0.3 is 0 Å². The number of aromatic nitrogens is 4. The largest absolute Gasteiger partial charge is 0.360 e. The van der Waals surface area contributed by atoms with Crippen LogP contribution in [0.5, 0.6) is 0 Å². The van der Waals surface area contributed by atoms with Gasteiger partial charge < -0.3 is 9.97 Å². The van der Waals surface area contributed by atoms with Gasteiger partial charge in [-0.25, -0.2) is 4.98 Å². The highest BCUT2D eigenvalue weighted by atomic mass is 79.9. The van der Waals surface area contributed by atoms with Crippen LogP contribution in [0.1, 0.15) is 0 Å². The molecule has 0 radical (unpaired) electrons. The molecule has 6 heteroatoms. The van der Waals surface area contributed by atoms with Crippen molar-refractivity contribution in [2.45, 2.75) is 0 Å². The van der Waals surface area contributed by atoms with E-state index in [1.54, 1.807) is 17.5 Å². The Hall–Kier alpha value is -2.44. The number of benzene rings is 1. The van der Waals surface area contributed by atoms with E-state index in [-0.39, 0.29) is 0 Å². The zero-order valence-electron chi connectivity index (χ0n) is 12.4. The average Bonchev–Trinajstić information content (AvgIpc) is 3.31. The van der Waals surface area contributed by atoms with Gasteiger partial charge in [-0.15, -0.1) is 11.3 Å². The Morgan fingerprint density at radius 1 is 0.958 bits per heavy atom. The Morgan fingerprint density at radius 3 is 2.71 bits per heavy atom. The van der Waals surface area contributed by atoms with Crippen molar-refractivity contribution in [3.8, 4) is 21.8 Å². The number of pyridine rings is 1. The molecule has 5 aromatic rings. The number of hydrogen-bond acceptors (Lipinski definition) is 3. The summed E-state index contributed by atoms with van der Waals surface area (Å²) >= 11 is 5.20. The maximum Gasteiger partial charge on any atom is 0.126 e. The molecule has 0 bridgehead atoms. The number of thiazole rings is 1. The highest BCUT2D eigenvalue weighted by Crippen LogP contribution is 2.36. The van der Waals surface area contributed by atoms with Crippen molar-refractivity contribution in [2.24, 2.45) is 0 Å². The van der Waals surface area contributed by atoms with Crippen LogP contribution in [0.3, 0.4) is 0 Å². The number of nitrogens with one attached hydrogen (secondary N) is 2. The molecule has 2 N–H and O–H groups in total. The van der Waals surface area contributed by atoms with Gasteiger partial charge in [-0.05, 0) is 24.3 Å². The van der Waals surface area contributed by atoms with Crippen LogP contribution in [0.4, 0.5) is 0 Å². The van der Waals surface area contributed by atoms with Crippen LogP contribution >= 0.6 is 27.3 Å². The minimum absolute atomic E-state index is 0.971. The Bertz CT molecular complexity index is 1180. The summed E-state index contributed by atoms with van der Waals surface area (Å²) in [6.45, 7) is 0. The zero-order chi connectivity index (χ0) is 16.1. The van der Waals surface area contributed by atoms with Crippen LogP contribution in [0, 0.1) is 0 Å². The molecule has 0 aliphatic carbocycles. The molecular formula is C18H11BrN4S. The fourth-order valence-electron chi connectivity index (χ4n) is 2.97. The van der Waals surface area contributed by atoms with Crippen molar-refractivity contribution >= 4 is 49.1 Å². The molecule has 0 amide bonds. The van der Waals surface area contributed by atoms with E-state index in [1.165, 1.54) is 5.39 Å². The quantitative estimate of drug-likeness (QED) is 0.409. The van der Waals surface area contributed by atoms with Gasteiger partial charge in [-0.1, -0.05) is 15.9 Å². The monoisotopic (exact) mass is 394 g/mol. The average molecular weight is 395 g/mol. The molecule has 0 unspecified atom stereocenters. The van der Waals surface area contributed by atoms with Gasteiger partial charge in [0.25, 0.3) is 0 Å². The standard InChI is InChI=1S/C18H11BrN4S/c19-10-1-2-15-11(5-10)14(8-22-15)18-23-17(9-24-18)13-7-21-16-3-4-20-6-12(13)16/h1-9,21-22H. The topological polar surface area (TPSA) is 57.4 Å². The first kappa shape index (κ1) is 13.9. The van der Waals surface area contributed by atoms with E-state index in [0.29, 0.717) is 0 Å². The predicted octanol–water partition coefficient (Wildman–Crippen LogP) is 5.60. The van der Waals surface area contributed by atoms with Crippen LogP contribution in [0.15, 0.2) is 58.9 Å². The molecule has 0 saturated carbocycles. The molecule has 4 aromatic heterocycles. The summed E-state index contributed by atoms with van der Waals surface area (Å²) in [6.07, 6.45) is 7.69. The first-order valence-corrected chi connectivity index (χ1v) is 9.11. The third-order valence-electron chi connectivity index (χ3n) is 4.14. The van der Waals surface area contributed by atoms with Gasteiger partial charge in [0, 0.05) is 67.6 Å². The minimum Gasteiger partial charge on any atom is -0.360 e. The molecule has 4 heterocycles. The normalized spacial score (nSPS) is 11.5. The number of fused-ring (bicyclic) bond motifs is 2. The molecule has 0 aliphatic heterocycles. The van der Waals surface area contributed by atoms with Crippen molar-refractivity contribution in [1.82, 2.24) is 19.9 Å². The number of H-pyrrole nitrogens is 2. The van der Waals surface area contributed by atoms with E-state index >= 15 is 0 Å². The molecule has 0 spiro atoms. The molecule has 1 aromatic carbocycles. The van der Waals surface area contributed by atoms with E-state index in [1.807, 2.05) is 30.7 Å². The van der Waals surface area contributed by atoms with Crippen molar-refractivity contribution in [3.63, 3.8) is 0 Å². The molecule has 0 atom stereocenters. The zero-order valence-corrected chi connectivity index (χ0v) is 14.8. The summed E-state index contributed by atoms with van der Waals surface area (Å²) in [5, 5.41) is 5.37. The third kappa shape index (κ3) is 2.11. The van der Waals surface area contributed by atoms with E-state index in [9.17, 15) is 0 Å². The van der Waals surface area contributed by atoms with Gasteiger partial charge in [-0.3, -0.25) is 4.98 Å². The second-order valence-corrected chi connectivity index (χ2v) is 7.33. The highest BCUT2D eigenvalue weighted by Gasteiger charge is 2.14. The summed E-state index contributed by atoms with van der Waals surface area (Å²) in [5.41, 5.74) is 5.37. The van der Waals surface area contributed by atoms with Gasteiger partial charge in [0.1, 0.15) is 5.01 Å². The lowest BCUT2D eigenvalue weighted by Crippen LogP contribution is -1.78. The molecule has 0 aliphatic rings. The van der Waals surface area contributed by atoms with Gasteiger partial charge in [-0.2, -0.15) is 0 Å². The minimum atomic E-state index is 0.971. The van der Waals surface area contributed by atoms with Crippen LogP contribution in [0.2, 0.25) is 0 Å². The molecule has 0 fully saturated rings. The Labute approximate surface area is 149 Å². The lowest BCUT2D eigenvalue weighted by molar-refractivity contribution is 1.36. The summed E-state index contributed by atoms with van der Waals surface area (Å²) in [7, 11) is 0. The maximum absolute atomic E-state index is 4.86. The Balaban J connectivity index is 1.65. The van der Waals surface area contributed by atoms with Gasteiger partial charge in [0.2, 0.25) is 0 Å².